The molecule has 2 N–H and O–H groups in total. The van der Waals surface area contributed by atoms with Gasteiger partial charge < -0.3 is 10.5 Å². The van der Waals surface area contributed by atoms with Crippen LogP contribution in [0.2, 0.25) is 0 Å². The first-order chi connectivity index (χ1) is 9.34. The average Bonchev–Trinajstić information content (AvgIpc) is 2.65. The number of fused-ring (bicyclic) bond motifs is 1. The van der Waals surface area contributed by atoms with Crippen molar-refractivity contribution in [1.82, 2.24) is 4.90 Å². The summed E-state index contributed by atoms with van der Waals surface area (Å²) in [5.74, 6) is 0.725. The number of hydrogen-bond acceptors (Lipinski definition) is 3. The molecule has 2 saturated carbocycles. The van der Waals surface area contributed by atoms with Crippen LogP contribution in [0.25, 0.3) is 0 Å². The van der Waals surface area contributed by atoms with E-state index in [0.29, 0.717) is 18.2 Å². The van der Waals surface area contributed by atoms with Crippen molar-refractivity contribution in [3.8, 4) is 0 Å². The molecule has 3 aliphatic rings. The largest absolute Gasteiger partial charge is 0.375 e. The Balaban J connectivity index is 1.60. The molecule has 110 valence electrons. The summed E-state index contributed by atoms with van der Waals surface area (Å²) in [6.07, 6.45) is 12.6. The molecule has 1 heterocycles. The highest BCUT2D eigenvalue weighted by Crippen LogP contribution is 2.31. The van der Waals surface area contributed by atoms with Crippen LogP contribution < -0.4 is 5.73 Å². The van der Waals surface area contributed by atoms with Crippen molar-refractivity contribution >= 4 is 0 Å². The molecule has 3 nitrogen and oxygen atoms in total. The summed E-state index contributed by atoms with van der Waals surface area (Å²) in [7, 11) is 0. The van der Waals surface area contributed by atoms with Crippen molar-refractivity contribution in [2.75, 3.05) is 19.7 Å². The van der Waals surface area contributed by atoms with Gasteiger partial charge >= 0.3 is 0 Å². The van der Waals surface area contributed by atoms with Gasteiger partial charge in [0.25, 0.3) is 0 Å². The van der Waals surface area contributed by atoms with Crippen LogP contribution >= 0.6 is 0 Å². The van der Waals surface area contributed by atoms with E-state index in [-0.39, 0.29) is 0 Å². The van der Waals surface area contributed by atoms with Gasteiger partial charge in [-0.05, 0) is 31.6 Å². The van der Waals surface area contributed by atoms with Gasteiger partial charge in [0, 0.05) is 25.2 Å². The van der Waals surface area contributed by atoms with Gasteiger partial charge in [0.2, 0.25) is 0 Å². The van der Waals surface area contributed by atoms with E-state index in [2.05, 4.69) is 4.90 Å². The number of nitrogens with zero attached hydrogens (tertiary/aromatic N) is 1. The zero-order valence-electron chi connectivity index (χ0n) is 12.2. The Morgan fingerprint density at radius 2 is 1.74 bits per heavy atom. The summed E-state index contributed by atoms with van der Waals surface area (Å²) in [5, 5.41) is 0. The van der Waals surface area contributed by atoms with E-state index in [0.717, 1.165) is 19.1 Å². The average molecular weight is 266 g/mol. The molecule has 1 aliphatic heterocycles. The Bertz CT molecular complexity index is 282. The van der Waals surface area contributed by atoms with Crippen LogP contribution in [0.5, 0.6) is 0 Å². The van der Waals surface area contributed by atoms with Crippen LogP contribution in [-0.4, -0.2) is 42.8 Å². The first-order valence-corrected chi connectivity index (χ1v) is 8.46. The molecule has 4 atom stereocenters. The van der Waals surface area contributed by atoms with E-state index in [9.17, 15) is 0 Å². The smallest absolute Gasteiger partial charge is 0.0730 e. The van der Waals surface area contributed by atoms with E-state index in [1.165, 1.54) is 64.3 Å². The van der Waals surface area contributed by atoms with Gasteiger partial charge in [0.15, 0.2) is 0 Å². The first kappa shape index (κ1) is 13.8. The molecule has 0 radical (unpaired) electrons. The molecule has 3 rings (SSSR count). The lowest BCUT2D eigenvalue weighted by Gasteiger charge is -2.45. The highest BCUT2D eigenvalue weighted by Gasteiger charge is 2.35. The summed E-state index contributed by atoms with van der Waals surface area (Å²) >= 11 is 0. The molecule has 2 aliphatic carbocycles. The zero-order chi connectivity index (χ0) is 13.1. The molecule has 0 amide bonds. The maximum Gasteiger partial charge on any atom is 0.0730 e. The molecule has 4 unspecified atom stereocenters. The first-order valence-electron chi connectivity index (χ1n) is 8.46. The molecule has 0 aromatic rings. The fourth-order valence-electron chi connectivity index (χ4n) is 4.34. The second-order valence-corrected chi connectivity index (χ2v) is 6.82. The Kier molecular flexibility index (Phi) is 4.78. The summed E-state index contributed by atoms with van der Waals surface area (Å²) in [6.45, 7) is 3.29. The lowest BCUT2D eigenvalue weighted by atomic mass is 9.88. The van der Waals surface area contributed by atoms with Crippen LogP contribution in [0.3, 0.4) is 0 Å². The number of ether oxygens (including phenoxy) is 1. The predicted octanol–water partition coefficient (Wildman–Crippen LogP) is 2.54. The van der Waals surface area contributed by atoms with E-state index in [1.54, 1.807) is 0 Å². The SMILES string of the molecule is NC1CCCCCC1CN1CCOC2CCCCC21. The van der Waals surface area contributed by atoms with Crippen molar-refractivity contribution in [1.29, 1.82) is 0 Å². The van der Waals surface area contributed by atoms with Crippen LogP contribution in [0, 0.1) is 5.92 Å². The van der Waals surface area contributed by atoms with Crippen molar-refractivity contribution in [2.45, 2.75) is 76.0 Å². The van der Waals surface area contributed by atoms with Gasteiger partial charge in [-0.1, -0.05) is 32.1 Å². The number of rotatable bonds is 2. The molecule has 0 aromatic carbocycles. The topological polar surface area (TPSA) is 38.5 Å². The molecule has 19 heavy (non-hydrogen) atoms. The monoisotopic (exact) mass is 266 g/mol. The van der Waals surface area contributed by atoms with Gasteiger partial charge in [-0.3, -0.25) is 4.90 Å². The molecule has 0 aromatic heterocycles. The van der Waals surface area contributed by atoms with Gasteiger partial charge in [-0.2, -0.15) is 0 Å². The summed E-state index contributed by atoms with van der Waals surface area (Å²) < 4.78 is 5.98. The third kappa shape index (κ3) is 3.32. The predicted molar refractivity (Wildman–Crippen MR) is 78.1 cm³/mol. The van der Waals surface area contributed by atoms with Crippen molar-refractivity contribution in [3.05, 3.63) is 0 Å². The Labute approximate surface area is 117 Å². The third-order valence-electron chi connectivity index (χ3n) is 5.53. The minimum absolute atomic E-state index is 0.437. The quantitative estimate of drug-likeness (QED) is 0.781. The summed E-state index contributed by atoms with van der Waals surface area (Å²) in [5.41, 5.74) is 6.41. The minimum atomic E-state index is 0.437. The van der Waals surface area contributed by atoms with E-state index < -0.39 is 0 Å². The zero-order valence-corrected chi connectivity index (χ0v) is 12.2. The molecule has 0 spiro atoms. The molecule has 0 bridgehead atoms. The summed E-state index contributed by atoms with van der Waals surface area (Å²) in [4.78, 5) is 2.73. The Morgan fingerprint density at radius 1 is 0.947 bits per heavy atom. The third-order valence-corrected chi connectivity index (χ3v) is 5.53. The molecular weight excluding hydrogens is 236 g/mol. The standard InChI is InChI=1S/C16H30N2O/c17-14-7-3-1-2-6-13(14)12-18-10-11-19-16-9-5-4-8-15(16)18/h13-16H,1-12,17H2. The fraction of sp³-hybridized carbons (Fsp3) is 1.00. The molecule has 3 fully saturated rings. The Morgan fingerprint density at radius 3 is 2.68 bits per heavy atom. The number of hydrogen-bond donors (Lipinski definition) is 1. The highest BCUT2D eigenvalue weighted by atomic mass is 16.5. The lowest BCUT2D eigenvalue weighted by molar-refractivity contribution is -0.0929. The number of morpholine rings is 1. The Hall–Kier alpha value is -0.120. The van der Waals surface area contributed by atoms with Crippen molar-refractivity contribution < 1.29 is 4.74 Å². The maximum atomic E-state index is 6.41. The van der Waals surface area contributed by atoms with E-state index >= 15 is 0 Å². The second kappa shape index (κ2) is 6.55. The van der Waals surface area contributed by atoms with Gasteiger partial charge in [0.1, 0.15) is 0 Å². The maximum absolute atomic E-state index is 6.41. The lowest BCUT2D eigenvalue weighted by Crippen LogP contribution is -2.55. The van der Waals surface area contributed by atoms with Gasteiger partial charge in [-0.15, -0.1) is 0 Å². The van der Waals surface area contributed by atoms with Gasteiger partial charge in [-0.25, -0.2) is 0 Å². The van der Waals surface area contributed by atoms with E-state index in [4.69, 9.17) is 10.5 Å². The molecular formula is C16H30N2O. The van der Waals surface area contributed by atoms with Gasteiger partial charge in [0.05, 0.1) is 12.7 Å². The fourth-order valence-corrected chi connectivity index (χ4v) is 4.34. The molecule has 1 saturated heterocycles. The normalized spacial score (nSPS) is 41.5. The second-order valence-electron chi connectivity index (χ2n) is 6.82. The van der Waals surface area contributed by atoms with Crippen molar-refractivity contribution in [3.63, 3.8) is 0 Å². The summed E-state index contributed by atoms with van der Waals surface area (Å²) in [6, 6.07) is 1.13. The number of nitrogens with two attached hydrogens (primary N) is 1. The highest BCUT2D eigenvalue weighted by molar-refractivity contribution is 4.90. The van der Waals surface area contributed by atoms with Crippen LogP contribution in [0.4, 0.5) is 0 Å². The van der Waals surface area contributed by atoms with Crippen LogP contribution in [0.1, 0.15) is 57.8 Å². The van der Waals surface area contributed by atoms with E-state index in [1.807, 2.05) is 0 Å². The molecule has 3 heteroatoms. The van der Waals surface area contributed by atoms with Crippen LogP contribution in [0.15, 0.2) is 0 Å². The minimum Gasteiger partial charge on any atom is -0.375 e. The van der Waals surface area contributed by atoms with Crippen molar-refractivity contribution in [2.24, 2.45) is 11.7 Å². The van der Waals surface area contributed by atoms with Crippen LogP contribution in [-0.2, 0) is 4.74 Å².